The summed E-state index contributed by atoms with van der Waals surface area (Å²) in [5, 5.41) is 0. The summed E-state index contributed by atoms with van der Waals surface area (Å²) in [6.45, 7) is 6.63. The number of benzene rings is 4. The maximum Gasteiger partial charge on any atom is 0.0588 e. The number of hydrogen-bond acceptors (Lipinski definition) is 0. The molecule has 0 saturated heterocycles. The van der Waals surface area contributed by atoms with Gasteiger partial charge >= 0.3 is 0 Å². The van der Waals surface area contributed by atoms with Crippen molar-refractivity contribution < 1.29 is 0 Å². The van der Waals surface area contributed by atoms with Crippen LogP contribution in [-0.4, -0.2) is 0 Å². The van der Waals surface area contributed by atoms with Gasteiger partial charge in [0.05, 0.1) is 33.4 Å². The maximum absolute atomic E-state index is 6.33. The van der Waals surface area contributed by atoms with Gasteiger partial charge in [-0.15, -0.1) is 19.3 Å². The Morgan fingerprint density at radius 2 is 0.550 bits per heavy atom. The van der Waals surface area contributed by atoms with Gasteiger partial charge in [0.1, 0.15) is 0 Å². The zero-order chi connectivity index (χ0) is 42.6. The molecule has 0 N–H and O–H groups in total. The van der Waals surface area contributed by atoms with Gasteiger partial charge < -0.3 is 0 Å². The fraction of sp³-hybridized carbons (Fsp3) is 0.300. The monoisotopic (exact) mass is 774 g/mol. The molecule has 0 aliphatic rings. The molecular formula is C60H54. The summed E-state index contributed by atoms with van der Waals surface area (Å²) in [7, 11) is 0. The van der Waals surface area contributed by atoms with Crippen LogP contribution < -0.4 is 0 Å². The Morgan fingerprint density at radius 1 is 0.300 bits per heavy atom. The molecule has 0 radical (unpaired) electrons. The summed E-state index contributed by atoms with van der Waals surface area (Å²) in [5.41, 5.74) is 7.53. The van der Waals surface area contributed by atoms with E-state index in [1.165, 1.54) is 57.8 Å². The van der Waals surface area contributed by atoms with Gasteiger partial charge in [-0.3, -0.25) is 0 Å². The average Bonchev–Trinajstić information content (AvgIpc) is 3.28. The molecule has 0 aromatic heterocycles. The minimum Gasteiger partial charge on any atom is -0.115 e. The SMILES string of the molecule is C#Cc1c(C#Cc2ccccc2C#CCCCCCC)c(C#C)c(C#Cc2ccccc2C#CCCCCCC)c(C#C)c1C#Cc1ccccc1C#CCCCCCC. The molecule has 4 aromatic rings. The van der Waals surface area contributed by atoms with Gasteiger partial charge in [0, 0.05) is 52.6 Å². The van der Waals surface area contributed by atoms with E-state index in [1.54, 1.807) is 0 Å². The van der Waals surface area contributed by atoms with E-state index in [4.69, 9.17) is 19.3 Å². The molecule has 0 aliphatic carbocycles. The summed E-state index contributed by atoms with van der Waals surface area (Å²) >= 11 is 0. The molecule has 0 nitrogen and oxygen atoms in total. The summed E-state index contributed by atoms with van der Waals surface area (Å²) < 4.78 is 0. The van der Waals surface area contributed by atoms with Crippen LogP contribution in [0.2, 0.25) is 0 Å². The molecule has 60 heavy (non-hydrogen) atoms. The zero-order valence-electron chi connectivity index (χ0n) is 35.8. The minimum atomic E-state index is 0.426. The molecule has 0 unspecified atom stereocenters. The molecule has 0 spiro atoms. The van der Waals surface area contributed by atoms with E-state index in [2.05, 4.69) is 110 Å². The van der Waals surface area contributed by atoms with Gasteiger partial charge in [-0.1, -0.05) is 204 Å². The van der Waals surface area contributed by atoms with Crippen molar-refractivity contribution in [3.05, 3.63) is 140 Å². The Kier molecular flexibility index (Phi) is 20.4. The molecule has 0 atom stereocenters. The van der Waals surface area contributed by atoms with Gasteiger partial charge in [0.25, 0.3) is 0 Å². The second-order valence-electron chi connectivity index (χ2n) is 14.4. The summed E-state index contributed by atoms with van der Waals surface area (Å²) in [6.07, 6.45) is 35.5. The first kappa shape index (κ1) is 45.6. The van der Waals surface area contributed by atoms with Crippen molar-refractivity contribution in [2.24, 2.45) is 0 Å². The molecule has 0 heteroatoms. The standard InChI is InChI=1S/C60H54/c1-7-13-16-19-22-25-34-49-37-28-31-40-52(49)43-46-58-55(10-4)59(47-44-53-41-32-29-38-50(53)35-26-23-20-17-14-8-2)57(12-6)60(56(58)11-5)48-45-54-42-33-30-39-51(54)36-27-24-21-18-15-9-3/h4-6,28-33,37-42H,7-9,13-24H2,1-3H3. The summed E-state index contributed by atoms with van der Waals surface area (Å²) in [4.78, 5) is 0. The smallest absolute Gasteiger partial charge is 0.0588 e. The lowest BCUT2D eigenvalue weighted by Crippen LogP contribution is -2.04. The third kappa shape index (κ3) is 14.1. The number of rotatable bonds is 12. The Hall–Kier alpha value is -7.08. The van der Waals surface area contributed by atoms with E-state index in [9.17, 15) is 0 Å². The molecule has 4 rings (SSSR count). The lowest BCUT2D eigenvalue weighted by Gasteiger charge is -2.12. The van der Waals surface area contributed by atoms with Crippen molar-refractivity contribution in [3.8, 4) is 108 Å². The van der Waals surface area contributed by atoms with Gasteiger partial charge in [0.2, 0.25) is 0 Å². The third-order valence-electron chi connectivity index (χ3n) is 9.82. The highest BCUT2D eigenvalue weighted by Gasteiger charge is 2.20. The fourth-order valence-corrected chi connectivity index (χ4v) is 6.44. The van der Waals surface area contributed by atoms with E-state index in [0.717, 1.165) is 71.9 Å². The first-order chi connectivity index (χ1) is 29.6. The highest BCUT2D eigenvalue weighted by molar-refractivity contribution is 5.77. The van der Waals surface area contributed by atoms with Crippen LogP contribution in [0.5, 0.6) is 0 Å². The van der Waals surface area contributed by atoms with Gasteiger partial charge in [-0.25, -0.2) is 0 Å². The van der Waals surface area contributed by atoms with Crippen LogP contribution in [0.4, 0.5) is 0 Å². The number of terminal acetylenes is 3. The van der Waals surface area contributed by atoms with Crippen LogP contribution >= 0.6 is 0 Å². The lowest BCUT2D eigenvalue weighted by molar-refractivity contribution is 0.679. The Morgan fingerprint density at radius 3 is 0.783 bits per heavy atom. The van der Waals surface area contributed by atoms with Crippen molar-refractivity contribution >= 4 is 0 Å². The predicted octanol–water partition coefficient (Wildman–Crippen LogP) is 12.8. The summed E-state index contributed by atoms with van der Waals surface area (Å²) in [6, 6.07) is 23.6. The third-order valence-corrected chi connectivity index (χ3v) is 9.82. The van der Waals surface area contributed by atoms with Crippen LogP contribution in [0, 0.1) is 108 Å². The topological polar surface area (TPSA) is 0 Å². The van der Waals surface area contributed by atoms with Crippen molar-refractivity contribution in [2.75, 3.05) is 0 Å². The van der Waals surface area contributed by atoms with E-state index in [-0.39, 0.29) is 0 Å². The van der Waals surface area contributed by atoms with E-state index >= 15 is 0 Å². The van der Waals surface area contributed by atoms with Crippen LogP contribution in [0.3, 0.4) is 0 Å². The van der Waals surface area contributed by atoms with Crippen molar-refractivity contribution in [1.82, 2.24) is 0 Å². The van der Waals surface area contributed by atoms with Crippen molar-refractivity contribution in [1.29, 1.82) is 0 Å². The molecule has 0 aliphatic heterocycles. The Bertz CT molecular complexity index is 2300. The molecule has 0 heterocycles. The van der Waals surface area contributed by atoms with Crippen molar-refractivity contribution in [2.45, 2.75) is 117 Å². The second-order valence-corrected chi connectivity index (χ2v) is 14.4. The average molecular weight is 775 g/mol. The largest absolute Gasteiger partial charge is 0.115 e. The van der Waals surface area contributed by atoms with Crippen LogP contribution in [0.25, 0.3) is 0 Å². The molecule has 0 amide bonds. The first-order valence-corrected chi connectivity index (χ1v) is 21.5. The molecule has 4 aromatic carbocycles. The van der Waals surface area contributed by atoms with E-state index in [0.29, 0.717) is 33.4 Å². The van der Waals surface area contributed by atoms with Crippen LogP contribution in [0.1, 0.15) is 184 Å². The second kappa shape index (κ2) is 26.8. The number of unbranched alkanes of at least 4 members (excludes halogenated alkanes) is 12. The normalized spacial score (nSPS) is 9.40. The summed E-state index contributed by atoms with van der Waals surface area (Å²) in [5.74, 6) is 48.8. The quantitative estimate of drug-likeness (QED) is 0.0993. The lowest BCUT2D eigenvalue weighted by atomic mass is 9.86. The van der Waals surface area contributed by atoms with E-state index in [1.807, 2.05) is 72.8 Å². The molecular weight excluding hydrogens is 721 g/mol. The molecule has 0 bridgehead atoms. The van der Waals surface area contributed by atoms with Gasteiger partial charge in [-0.05, 0) is 55.7 Å². The Labute approximate surface area is 363 Å². The van der Waals surface area contributed by atoms with Gasteiger partial charge in [0.15, 0.2) is 0 Å². The number of hydrogen-bond donors (Lipinski definition) is 0. The fourth-order valence-electron chi connectivity index (χ4n) is 6.44. The van der Waals surface area contributed by atoms with Crippen LogP contribution in [0.15, 0.2) is 72.8 Å². The minimum absolute atomic E-state index is 0.426. The highest BCUT2D eigenvalue weighted by Crippen LogP contribution is 2.27. The van der Waals surface area contributed by atoms with Crippen molar-refractivity contribution in [3.63, 3.8) is 0 Å². The first-order valence-electron chi connectivity index (χ1n) is 21.5. The van der Waals surface area contributed by atoms with Gasteiger partial charge in [-0.2, -0.15) is 0 Å². The van der Waals surface area contributed by atoms with Crippen LogP contribution in [-0.2, 0) is 0 Å². The Balaban J connectivity index is 1.93. The molecule has 0 fully saturated rings. The highest BCUT2D eigenvalue weighted by atomic mass is 14.2. The molecule has 294 valence electrons. The van der Waals surface area contributed by atoms with E-state index < -0.39 is 0 Å². The maximum atomic E-state index is 6.33. The predicted molar refractivity (Wildman–Crippen MR) is 254 cm³/mol. The zero-order valence-corrected chi connectivity index (χ0v) is 35.8. The molecule has 0 saturated carbocycles.